The van der Waals surface area contributed by atoms with Gasteiger partial charge in [0.15, 0.2) is 0 Å². The molecule has 0 aliphatic carbocycles. The summed E-state index contributed by atoms with van der Waals surface area (Å²) in [6, 6.07) is 8.44. The van der Waals surface area contributed by atoms with E-state index in [1.807, 2.05) is 0 Å². The third-order valence-electron chi connectivity index (χ3n) is 2.32. The van der Waals surface area contributed by atoms with E-state index in [1.54, 1.807) is 13.8 Å². The number of nitrogens with one attached hydrogen (secondary N) is 1. The smallest absolute Gasteiger partial charge is 0.0763 e. The highest BCUT2D eigenvalue weighted by Crippen LogP contribution is 2.14. The van der Waals surface area contributed by atoms with Gasteiger partial charge in [-0.1, -0.05) is 26.0 Å². The van der Waals surface area contributed by atoms with Gasteiger partial charge in [-0.15, -0.1) is 0 Å². The molecule has 0 saturated heterocycles. The minimum Gasteiger partial charge on any atom is -0.389 e. The predicted molar refractivity (Wildman–Crippen MR) is 69.8 cm³/mol. The summed E-state index contributed by atoms with van der Waals surface area (Å²) < 4.78 is 0. The molecule has 0 radical (unpaired) electrons. The van der Waals surface area contributed by atoms with Gasteiger partial charge in [-0.05, 0) is 43.9 Å². The van der Waals surface area contributed by atoms with Gasteiger partial charge in [0, 0.05) is 12.2 Å². The fourth-order valence-electron chi connectivity index (χ4n) is 1.55. The predicted octanol–water partition coefficient (Wildman–Crippen LogP) is 3.07. The number of aliphatic hydroxyl groups is 1. The summed E-state index contributed by atoms with van der Waals surface area (Å²) in [6.45, 7) is 8.61. The van der Waals surface area contributed by atoms with Crippen LogP contribution in [0.1, 0.15) is 33.3 Å². The molecule has 2 N–H and O–H groups in total. The summed E-state index contributed by atoms with van der Waals surface area (Å²) in [5, 5.41) is 12.8. The van der Waals surface area contributed by atoms with Crippen LogP contribution in [0, 0.1) is 5.92 Å². The molecule has 0 aliphatic rings. The minimum absolute atomic E-state index is 0.566. The molecular formula is C14H23NO. The van der Waals surface area contributed by atoms with Crippen molar-refractivity contribution in [1.82, 2.24) is 0 Å². The van der Waals surface area contributed by atoms with Gasteiger partial charge in [-0.25, -0.2) is 0 Å². The Balaban J connectivity index is 2.51. The first-order valence-electron chi connectivity index (χ1n) is 5.92. The van der Waals surface area contributed by atoms with Crippen molar-refractivity contribution < 1.29 is 5.11 Å². The van der Waals surface area contributed by atoms with Crippen LogP contribution in [-0.2, 0) is 6.42 Å². The molecule has 1 rings (SSSR count). The Morgan fingerprint density at radius 1 is 1.19 bits per heavy atom. The van der Waals surface area contributed by atoms with Crippen molar-refractivity contribution in [3.8, 4) is 0 Å². The normalized spacial score (nSPS) is 11.9. The molecule has 16 heavy (non-hydrogen) atoms. The third-order valence-corrected chi connectivity index (χ3v) is 2.32. The number of hydrogen-bond acceptors (Lipinski definition) is 2. The van der Waals surface area contributed by atoms with Crippen LogP contribution < -0.4 is 5.32 Å². The Morgan fingerprint density at radius 2 is 1.75 bits per heavy atom. The molecule has 1 aromatic rings. The lowest BCUT2D eigenvalue weighted by Crippen LogP contribution is -2.29. The fourth-order valence-corrected chi connectivity index (χ4v) is 1.55. The standard InChI is InChI=1S/C14H23NO/c1-11(2)9-12-5-7-13(8-6-12)15-10-14(3,4)16/h5-8,11,15-16H,9-10H2,1-4H3. The summed E-state index contributed by atoms with van der Waals surface area (Å²) >= 11 is 0. The summed E-state index contributed by atoms with van der Waals surface area (Å²) in [6.07, 6.45) is 1.12. The average Bonchev–Trinajstić information content (AvgIpc) is 2.14. The summed E-state index contributed by atoms with van der Waals surface area (Å²) in [5.41, 5.74) is 1.76. The lowest BCUT2D eigenvalue weighted by molar-refractivity contribution is 0.0945. The first kappa shape index (κ1) is 13.0. The first-order chi connectivity index (χ1) is 7.37. The van der Waals surface area contributed by atoms with E-state index in [4.69, 9.17) is 0 Å². The molecular weight excluding hydrogens is 198 g/mol. The molecule has 0 saturated carbocycles. The molecule has 2 heteroatoms. The zero-order chi connectivity index (χ0) is 12.2. The van der Waals surface area contributed by atoms with Crippen LogP contribution in [0.4, 0.5) is 5.69 Å². The largest absolute Gasteiger partial charge is 0.389 e. The van der Waals surface area contributed by atoms with Gasteiger partial charge in [-0.2, -0.15) is 0 Å². The fraction of sp³-hybridized carbons (Fsp3) is 0.571. The number of rotatable bonds is 5. The van der Waals surface area contributed by atoms with Crippen molar-refractivity contribution >= 4 is 5.69 Å². The van der Waals surface area contributed by atoms with Crippen LogP contribution >= 0.6 is 0 Å². The van der Waals surface area contributed by atoms with E-state index in [0.717, 1.165) is 12.1 Å². The molecule has 0 unspecified atom stereocenters. The van der Waals surface area contributed by atoms with Crippen molar-refractivity contribution in [1.29, 1.82) is 0 Å². The van der Waals surface area contributed by atoms with Crippen LogP contribution in [0.15, 0.2) is 24.3 Å². The maximum absolute atomic E-state index is 9.59. The van der Waals surface area contributed by atoms with Gasteiger partial charge in [0.1, 0.15) is 0 Å². The van der Waals surface area contributed by atoms with Crippen molar-refractivity contribution in [3.63, 3.8) is 0 Å². The molecule has 0 bridgehead atoms. The van der Waals surface area contributed by atoms with Crippen LogP contribution in [0.5, 0.6) is 0 Å². The van der Waals surface area contributed by atoms with E-state index in [9.17, 15) is 5.11 Å². The molecule has 0 aromatic heterocycles. The molecule has 0 amide bonds. The number of benzene rings is 1. The highest BCUT2D eigenvalue weighted by atomic mass is 16.3. The van der Waals surface area contributed by atoms with E-state index in [1.165, 1.54) is 5.56 Å². The van der Waals surface area contributed by atoms with Gasteiger partial charge < -0.3 is 10.4 Å². The Hall–Kier alpha value is -1.02. The quantitative estimate of drug-likeness (QED) is 0.801. The van der Waals surface area contributed by atoms with Gasteiger partial charge in [0.05, 0.1) is 5.60 Å². The van der Waals surface area contributed by atoms with Gasteiger partial charge in [0.2, 0.25) is 0 Å². The monoisotopic (exact) mass is 221 g/mol. The van der Waals surface area contributed by atoms with Crippen molar-refractivity contribution in [2.24, 2.45) is 5.92 Å². The second kappa shape index (κ2) is 5.35. The highest BCUT2D eigenvalue weighted by Gasteiger charge is 2.11. The second-order valence-corrected chi connectivity index (χ2v) is 5.46. The van der Waals surface area contributed by atoms with E-state index >= 15 is 0 Å². The summed E-state index contributed by atoms with van der Waals surface area (Å²) in [4.78, 5) is 0. The lowest BCUT2D eigenvalue weighted by atomic mass is 10.0. The maximum atomic E-state index is 9.59. The number of hydrogen-bond donors (Lipinski definition) is 2. The average molecular weight is 221 g/mol. The van der Waals surface area contributed by atoms with Crippen molar-refractivity contribution in [3.05, 3.63) is 29.8 Å². The molecule has 0 atom stereocenters. The molecule has 1 aromatic carbocycles. The molecule has 0 spiro atoms. The minimum atomic E-state index is -0.670. The summed E-state index contributed by atoms with van der Waals surface area (Å²) in [5.74, 6) is 0.690. The van der Waals surface area contributed by atoms with Crippen molar-refractivity contribution in [2.45, 2.75) is 39.7 Å². The topological polar surface area (TPSA) is 32.3 Å². The molecule has 2 nitrogen and oxygen atoms in total. The molecule has 0 heterocycles. The van der Waals surface area contributed by atoms with E-state index < -0.39 is 5.60 Å². The lowest BCUT2D eigenvalue weighted by Gasteiger charge is -2.18. The van der Waals surface area contributed by atoms with Gasteiger partial charge >= 0.3 is 0 Å². The zero-order valence-electron chi connectivity index (χ0n) is 10.7. The molecule has 90 valence electrons. The third kappa shape index (κ3) is 5.17. The van der Waals surface area contributed by atoms with Crippen LogP contribution in [0.3, 0.4) is 0 Å². The van der Waals surface area contributed by atoms with E-state index in [0.29, 0.717) is 12.5 Å². The van der Waals surface area contributed by atoms with Crippen LogP contribution in [-0.4, -0.2) is 17.3 Å². The second-order valence-electron chi connectivity index (χ2n) is 5.46. The maximum Gasteiger partial charge on any atom is 0.0763 e. The van der Waals surface area contributed by atoms with Crippen LogP contribution in [0.25, 0.3) is 0 Å². The first-order valence-corrected chi connectivity index (χ1v) is 5.92. The zero-order valence-corrected chi connectivity index (χ0v) is 10.7. The SMILES string of the molecule is CC(C)Cc1ccc(NCC(C)(C)O)cc1. The van der Waals surface area contributed by atoms with E-state index in [2.05, 4.69) is 43.4 Å². The van der Waals surface area contributed by atoms with E-state index in [-0.39, 0.29) is 0 Å². The highest BCUT2D eigenvalue weighted by molar-refractivity contribution is 5.44. The Kier molecular flexibility index (Phi) is 4.36. The summed E-state index contributed by atoms with van der Waals surface area (Å²) in [7, 11) is 0. The molecule has 0 aliphatic heterocycles. The number of anilines is 1. The Bertz CT molecular complexity index is 309. The van der Waals surface area contributed by atoms with Gasteiger partial charge in [-0.3, -0.25) is 0 Å². The Morgan fingerprint density at radius 3 is 2.19 bits per heavy atom. The van der Waals surface area contributed by atoms with Crippen LogP contribution in [0.2, 0.25) is 0 Å². The molecule has 0 fully saturated rings. The van der Waals surface area contributed by atoms with Crippen molar-refractivity contribution in [2.75, 3.05) is 11.9 Å². The van der Waals surface area contributed by atoms with Gasteiger partial charge in [0.25, 0.3) is 0 Å². The Labute approximate surface area is 98.7 Å².